The molecule has 1 aliphatic rings. The van der Waals surface area contributed by atoms with Gasteiger partial charge in [0.25, 0.3) is 0 Å². The van der Waals surface area contributed by atoms with Crippen molar-refractivity contribution < 1.29 is 9.18 Å². The van der Waals surface area contributed by atoms with E-state index in [1.165, 1.54) is 12.1 Å². The molecule has 3 heterocycles. The highest BCUT2D eigenvalue weighted by Crippen LogP contribution is 2.31. The Morgan fingerprint density at radius 1 is 1.16 bits per heavy atom. The lowest BCUT2D eigenvalue weighted by molar-refractivity contribution is -0.132. The first-order chi connectivity index (χ1) is 14.9. The van der Waals surface area contributed by atoms with Crippen LogP contribution in [-0.4, -0.2) is 43.3 Å². The second kappa shape index (κ2) is 9.05. The second-order valence-electron chi connectivity index (χ2n) is 7.67. The van der Waals surface area contributed by atoms with Crippen LogP contribution in [0.1, 0.15) is 38.4 Å². The second-order valence-corrected chi connectivity index (χ2v) is 8.58. The van der Waals surface area contributed by atoms with Crippen molar-refractivity contribution in [1.29, 1.82) is 0 Å². The molecule has 2 atom stereocenters. The standard InChI is InChI=1S/C22H22BrFN6O/c1-13-3-4-15(12-30(13)14(2)31)22-28-19(20-11-25-5-6-26-20)10-21(29-22)27-18-8-16(23)7-17(24)9-18/h5-11,13,15H,3-4,12H2,1-2H3,(H,27,28,29)/t13-,15+/m0/s1. The summed E-state index contributed by atoms with van der Waals surface area (Å²) >= 11 is 3.31. The van der Waals surface area contributed by atoms with Gasteiger partial charge in [-0.25, -0.2) is 14.4 Å². The summed E-state index contributed by atoms with van der Waals surface area (Å²) in [7, 11) is 0. The molecule has 0 radical (unpaired) electrons. The van der Waals surface area contributed by atoms with Gasteiger partial charge in [0.2, 0.25) is 5.91 Å². The third kappa shape index (κ3) is 5.04. The molecule has 31 heavy (non-hydrogen) atoms. The molecule has 0 aliphatic carbocycles. The van der Waals surface area contributed by atoms with Gasteiger partial charge in [0.15, 0.2) is 0 Å². The van der Waals surface area contributed by atoms with Crippen LogP contribution in [0.3, 0.4) is 0 Å². The minimum atomic E-state index is -0.362. The van der Waals surface area contributed by atoms with E-state index in [1.54, 1.807) is 37.6 Å². The Kier molecular flexibility index (Phi) is 6.22. The molecule has 9 heteroatoms. The minimum Gasteiger partial charge on any atom is -0.340 e. The van der Waals surface area contributed by atoms with Crippen LogP contribution in [0.25, 0.3) is 11.4 Å². The molecule has 1 saturated heterocycles. The molecule has 1 N–H and O–H groups in total. The number of carbonyl (C=O) groups is 1. The maximum atomic E-state index is 13.8. The Bertz CT molecular complexity index is 1080. The van der Waals surface area contributed by atoms with Gasteiger partial charge in [-0.3, -0.25) is 14.8 Å². The highest BCUT2D eigenvalue weighted by atomic mass is 79.9. The van der Waals surface area contributed by atoms with Gasteiger partial charge < -0.3 is 10.2 Å². The molecule has 0 spiro atoms. The van der Waals surface area contributed by atoms with Gasteiger partial charge in [-0.1, -0.05) is 15.9 Å². The maximum Gasteiger partial charge on any atom is 0.219 e. The van der Waals surface area contributed by atoms with Crippen LogP contribution < -0.4 is 5.32 Å². The van der Waals surface area contributed by atoms with Crippen molar-refractivity contribution in [2.24, 2.45) is 0 Å². The van der Waals surface area contributed by atoms with Gasteiger partial charge >= 0.3 is 0 Å². The third-order valence-electron chi connectivity index (χ3n) is 5.36. The average molecular weight is 485 g/mol. The summed E-state index contributed by atoms with van der Waals surface area (Å²) in [5.74, 6) is 0.829. The van der Waals surface area contributed by atoms with Crippen molar-refractivity contribution in [2.75, 3.05) is 11.9 Å². The van der Waals surface area contributed by atoms with Crippen molar-refractivity contribution in [2.45, 2.75) is 38.6 Å². The molecular weight excluding hydrogens is 463 g/mol. The summed E-state index contributed by atoms with van der Waals surface area (Å²) in [4.78, 5) is 31.9. The molecule has 0 unspecified atom stereocenters. The van der Waals surface area contributed by atoms with E-state index in [-0.39, 0.29) is 23.7 Å². The zero-order valence-electron chi connectivity index (χ0n) is 17.2. The van der Waals surface area contributed by atoms with Crippen LogP contribution in [0.2, 0.25) is 0 Å². The van der Waals surface area contributed by atoms with Crippen LogP contribution >= 0.6 is 15.9 Å². The molecule has 1 amide bonds. The summed E-state index contributed by atoms with van der Waals surface area (Å²) < 4.78 is 14.5. The number of likely N-dealkylation sites (tertiary alicyclic amines) is 1. The van der Waals surface area contributed by atoms with Crippen molar-refractivity contribution in [3.63, 3.8) is 0 Å². The number of nitrogens with one attached hydrogen (secondary N) is 1. The van der Waals surface area contributed by atoms with Gasteiger partial charge in [0.1, 0.15) is 23.2 Å². The Hall–Kier alpha value is -2.94. The van der Waals surface area contributed by atoms with Crippen LogP contribution in [0.5, 0.6) is 0 Å². The van der Waals surface area contributed by atoms with E-state index in [0.717, 1.165) is 12.8 Å². The Labute approximate surface area is 188 Å². The quantitative estimate of drug-likeness (QED) is 0.577. The number of hydrogen-bond donors (Lipinski definition) is 1. The number of carbonyl (C=O) groups excluding carboxylic acids is 1. The number of benzene rings is 1. The zero-order valence-corrected chi connectivity index (χ0v) is 18.8. The fourth-order valence-corrected chi connectivity index (χ4v) is 4.27. The smallest absolute Gasteiger partial charge is 0.219 e. The van der Waals surface area contributed by atoms with Gasteiger partial charge in [-0.15, -0.1) is 0 Å². The molecule has 0 bridgehead atoms. The zero-order chi connectivity index (χ0) is 22.0. The van der Waals surface area contributed by atoms with E-state index in [9.17, 15) is 9.18 Å². The topological polar surface area (TPSA) is 83.9 Å². The number of rotatable bonds is 4. The van der Waals surface area contributed by atoms with E-state index in [2.05, 4.69) is 38.1 Å². The van der Waals surface area contributed by atoms with E-state index in [0.29, 0.717) is 39.7 Å². The molecule has 0 saturated carbocycles. The monoisotopic (exact) mass is 484 g/mol. The van der Waals surface area contributed by atoms with Crippen LogP contribution in [0, 0.1) is 5.82 Å². The highest BCUT2D eigenvalue weighted by molar-refractivity contribution is 9.10. The van der Waals surface area contributed by atoms with Crippen molar-refractivity contribution in [3.8, 4) is 11.4 Å². The molecule has 1 aromatic carbocycles. The van der Waals surface area contributed by atoms with Crippen molar-refractivity contribution in [1.82, 2.24) is 24.8 Å². The molecule has 1 fully saturated rings. The normalized spacial score (nSPS) is 18.6. The molecule has 160 valence electrons. The number of hydrogen-bond acceptors (Lipinski definition) is 6. The first-order valence-electron chi connectivity index (χ1n) is 10.0. The highest BCUT2D eigenvalue weighted by Gasteiger charge is 2.30. The van der Waals surface area contributed by atoms with E-state index < -0.39 is 0 Å². The summed E-state index contributed by atoms with van der Waals surface area (Å²) in [6, 6.07) is 6.52. The average Bonchev–Trinajstić information content (AvgIpc) is 2.73. The fraction of sp³-hybridized carbons (Fsp3) is 0.318. The van der Waals surface area contributed by atoms with E-state index >= 15 is 0 Å². The Morgan fingerprint density at radius 2 is 2.00 bits per heavy atom. The maximum absolute atomic E-state index is 13.8. The summed E-state index contributed by atoms with van der Waals surface area (Å²) in [6.45, 7) is 4.21. The fourth-order valence-electron chi connectivity index (χ4n) is 3.81. The number of halogens is 2. The molecule has 4 rings (SSSR count). The molecule has 7 nitrogen and oxygen atoms in total. The SMILES string of the molecule is CC(=O)N1C[C@H](c2nc(Nc3cc(F)cc(Br)c3)cc(-c3cnccn3)n2)CC[C@@H]1C. The number of piperidine rings is 1. The van der Waals surface area contributed by atoms with Crippen LogP contribution in [0.15, 0.2) is 47.3 Å². The third-order valence-corrected chi connectivity index (χ3v) is 5.81. The first kappa shape index (κ1) is 21.3. The molecule has 3 aromatic rings. The summed E-state index contributed by atoms with van der Waals surface area (Å²) in [6.07, 6.45) is 6.60. The predicted molar refractivity (Wildman–Crippen MR) is 119 cm³/mol. The number of anilines is 2. The van der Waals surface area contributed by atoms with Gasteiger partial charge in [-0.2, -0.15) is 0 Å². The van der Waals surface area contributed by atoms with Gasteiger partial charge in [-0.05, 0) is 38.0 Å². The number of nitrogens with zero attached hydrogens (tertiary/aromatic N) is 5. The Morgan fingerprint density at radius 3 is 2.71 bits per heavy atom. The summed E-state index contributed by atoms with van der Waals surface area (Å²) in [5, 5.41) is 3.17. The molecule has 1 aliphatic heterocycles. The lowest BCUT2D eigenvalue weighted by Gasteiger charge is -2.37. The van der Waals surface area contributed by atoms with Crippen LogP contribution in [-0.2, 0) is 4.79 Å². The van der Waals surface area contributed by atoms with Crippen molar-refractivity contribution in [3.05, 3.63) is 59.0 Å². The van der Waals surface area contributed by atoms with E-state index in [4.69, 9.17) is 9.97 Å². The van der Waals surface area contributed by atoms with Crippen molar-refractivity contribution >= 4 is 33.3 Å². The van der Waals surface area contributed by atoms with Gasteiger partial charge in [0.05, 0.1) is 11.9 Å². The minimum absolute atomic E-state index is 0.00322. The largest absolute Gasteiger partial charge is 0.340 e. The number of aromatic nitrogens is 4. The van der Waals surface area contributed by atoms with E-state index in [1.807, 2.05) is 4.90 Å². The lowest BCUT2D eigenvalue weighted by Crippen LogP contribution is -2.44. The Balaban J connectivity index is 1.72. The van der Waals surface area contributed by atoms with Crippen LogP contribution in [0.4, 0.5) is 15.9 Å². The summed E-state index contributed by atoms with van der Waals surface area (Å²) in [5.41, 5.74) is 1.79. The number of amides is 1. The van der Waals surface area contributed by atoms with Gasteiger partial charge in [0, 0.05) is 54.0 Å². The first-order valence-corrected chi connectivity index (χ1v) is 10.8. The predicted octanol–water partition coefficient (Wildman–Crippen LogP) is 4.69. The molecule has 2 aromatic heterocycles. The molecular formula is C22H22BrFN6O. The lowest BCUT2D eigenvalue weighted by atomic mass is 9.92.